The van der Waals surface area contributed by atoms with E-state index in [4.69, 9.17) is 0 Å². The standard InChI is InChI=1S/C18H18N6OS2/c1-12-18(27-13(2)19-12)16-11-26-17(20-16)7-15(25)10-24-9-14(21-22-24)8-23-5-3-4-6-23/h3-6,9,11H,7-8,10H2,1-2H3. The van der Waals surface area contributed by atoms with Gasteiger partial charge in [0, 0.05) is 17.8 Å². The third-order valence-corrected chi connectivity index (χ3v) is 5.92. The molecule has 4 aromatic rings. The largest absolute Gasteiger partial charge is 0.348 e. The third kappa shape index (κ3) is 4.20. The first-order valence-electron chi connectivity index (χ1n) is 8.47. The van der Waals surface area contributed by atoms with Crippen molar-refractivity contribution in [2.75, 3.05) is 0 Å². The molecule has 4 rings (SSSR count). The van der Waals surface area contributed by atoms with Crippen molar-refractivity contribution in [2.24, 2.45) is 0 Å². The van der Waals surface area contributed by atoms with Crippen LogP contribution in [0, 0.1) is 13.8 Å². The Balaban J connectivity index is 1.37. The molecule has 27 heavy (non-hydrogen) atoms. The summed E-state index contributed by atoms with van der Waals surface area (Å²) in [5.74, 6) is 0.0607. The van der Waals surface area contributed by atoms with E-state index in [2.05, 4.69) is 20.3 Å². The first kappa shape index (κ1) is 17.7. The first-order chi connectivity index (χ1) is 13.1. The Morgan fingerprint density at radius 3 is 2.74 bits per heavy atom. The number of Topliss-reactive ketones (excluding diaryl/α,β-unsaturated/α-hetero) is 1. The van der Waals surface area contributed by atoms with Crippen LogP contribution in [0.3, 0.4) is 0 Å². The molecule has 0 radical (unpaired) electrons. The van der Waals surface area contributed by atoms with Crippen molar-refractivity contribution < 1.29 is 4.79 Å². The van der Waals surface area contributed by atoms with Gasteiger partial charge in [-0.1, -0.05) is 5.21 Å². The Morgan fingerprint density at radius 1 is 1.19 bits per heavy atom. The van der Waals surface area contributed by atoms with E-state index in [-0.39, 0.29) is 12.3 Å². The van der Waals surface area contributed by atoms with Crippen molar-refractivity contribution in [3.05, 3.63) is 57.5 Å². The number of thiazole rings is 2. The summed E-state index contributed by atoms with van der Waals surface area (Å²) in [4.78, 5) is 22.5. The predicted octanol–water partition coefficient (Wildman–Crippen LogP) is 3.14. The Labute approximate surface area is 164 Å². The predicted molar refractivity (Wildman–Crippen MR) is 105 cm³/mol. The van der Waals surface area contributed by atoms with Gasteiger partial charge in [0.25, 0.3) is 0 Å². The van der Waals surface area contributed by atoms with Crippen molar-refractivity contribution in [1.29, 1.82) is 0 Å². The molecular formula is C18H18N6OS2. The van der Waals surface area contributed by atoms with E-state index in [1.54, 1.807) is 16.0 Å². The highest BCUT2D eigenvalue weighted by Crippen LogP contribution is 2.30. The van der Waals surface area contributed by atoms with Crippen molar-refractivity contribution in [2.45, 2.75) is 33.4 Å². The van der Waals surface area contributed by atoms with E-state index in [0.717, 1.165) is 32.0 Å². The fraction of sp³-hybridized carbons (Fsp3) is 0.278. The molecule has 0 fully saturated rings. The Bertz CT molecular complexity index is 1060. The first-order valence-corrected chi connectivity index (χ1v) is 10.2. The van der Waals surface area contributed by atoms with Crippen LogP contribution in [0.1, 0.15) is 21.4 Å². The van der Waals surface area contributed by atoms with Crippen LogP contribution in [0.15, 0.2) is 36.1 Å². The van der Waals surface area contributed by atoms with Crippen molar-refractivity contribution >= 4 is 28.5 Å². The van der Waals surface area contributed by atoms with Gasteiger partial charge in [0.15, 0.2) is 5.78 Å². The minimum absolute atomic E-state index is 0.0607. The average molecular weight is 399 g/mol. The minimum Gasteiger partial charge on any atom is -0.348 e. The number of aromatic nitrogens is 6. The van der Waals surface area contributed by atoms with E-state index >= 15 is 0 Å². The van der Waals surface area contributed by atoms with Gasteiger partial charge in [-0.05, 0) is 26.0 Å². The fourth-order valence-electron chi connectivity index (χ4n) is 2.82. The second-order valence-electron chi connectivity index (χ2n) is 6.25. The van der Waals surface area contributed by atoms with Gasteiger partial charge in [0.05, 0.1) is 40.4 Å². The SMILES string of the molecule is Cc1nc(C)c(-c2csc(CC(=O)Cn3cc(Cn4cccc4)nn3)n2)s1. The highest BCUT2D eigenvalue weighted by Gasteiger charge is 2.14. The van der Waals surface area contributed by atoms with Gasteiger partial charge in [0.2, 0.25) is 0 Å². The topological polar surface area (TPSA) is 78.5 Å². The van der Waals surface area contributed by atoms with Crippen LogP contribution in [0.25, 0.3) is 10.6 Å². The monoisotopic (exact) mass is 398 g/mol. The molecule has 138 valence electrons. The second-order valence-corrected chi connectivity index (χ2v) is 8.40. The zero-order valence-electron chi connectivity index (χ0n) is 15.0. The summed E-state index contributed by atoms with van der Waals surface area (Å²) < 4.78 is 3.60. The Kier molecular flexibility index (Phi) is 4.95. The smallest absolute Gasteiger partial charge is 0.161 e. The maximum atomic E-state index is 12.4. The number of aryl methyl sites for hydroxylation is 2. The van der Waals surface area contributed by atoms with Crippen molar-refractivity contribution in [3.8, 4) is 10.6 Å². The molecule has 0 bridgehead atoms. The number of ketones is 1. The van der Waals surface area contributed by atoms with Crippen LogP contribution < -0.4 is 0 Å². The van der Waals surface area contributed by atoms with Crippen LogP contribution >= 0.6 is 22.7 Å². The van der Waals surface area contributed by atoms with Crippen LogP contribution in [0.2, 0.25) is 0 Å². The molecule has 0 amide bonds. The molecule has 0 N–H and O–H groups in total. The third-order valence-electron chi connectivity index (χ3n) is 3.97. The average Bonchev–Trinajstić information content (AvgIpc) is 3.38. The van der Waals surface area contributed by atoms with Crippen molar-refractivity contribution in [3.63, 3.8) is 0 Å². The fourth-order valence-corrected chi connectivity index (χ4v) is 4.59. The van der Waals surface area contributed by atoms with Crippen LogP contribution in [-0.2, 0) is 24.3 Å². The molecule has 0 saturated carbocycles. The summed E-state index contributed by atoms with van der Waals surface area (Å²) in [6.07, 6.45) is 6.05. The summed E-state index contributed by atoms with van der Waals surface area (Å²) >= 11 is 3.14. The molecule has 0 aliphatic heterocycles. The molecule has 7 nitrogen and oxygen atoms in total. The molecule has 0 aliphatic rings. The van der Waals surface area contributed by atoms with Gasteiger partial charge in [-0.15, -0.1) is 27.8 Å². The van der Waals surface area contributed by atoms with Gasteiger partial charge in [-0.25, -0.2) is 14.6 Å². The van der Waals surface area contributed by atoms with Gasteiger partial charge in [-0.2, -0.15) is 0 Å². The molecule has 0 aromatic carbocycles. The summed E-state index contributed by atoms with van der Waals surface area (Å²) in [7, 11) is 0. The van der Waals surface area contributed by atoms with E-state index in [1.165, 1.54) is 11.3 Å². The number of hydrogen-bond donors (Lipinski definition) is 0. The molecule has 0 spiro atoms. The lowest BCUT2D eigenvalue weighted by atomic mass is 10.3. The highest BCUT2D eigenvalue weighted by atomic mass is 32.1. The summed E-state index contributed by atoms with van der Waals surface area (Å²) in [5, 5.41) is 12.0. The molecule has 0 saturated heterocycles. The summed E-state index contributed by atoms with van der Waals surface area (Å²) in [6, 6.07) is 3.93. The second kappa shape index (κ2) is 7.53. The normalized spacial score (nSPS) is 11.2. The van der Waals surface area contributed by atoms with Crippen molar-refractivity contribution in [1.82, 2.24) is 29.5 Å². The number of carbonyl (C=O) groups is 1. The van der Waals surface area contributed by atoms with Gasteiger partial charge >= 0.3 is 0 Å². The lowest BCUT2D eigenvalue weighted by molar-refractivity contribution is -0.119. The molecule has 4 heterocycles. The van der Waals surface area contributed by atoms with Gasteiger partial charge in [0.1, 0.15) is 17.2 Å². The summed E-state index contributed by atoms with van der Waals surface area (Å²) in [6.45, 7) is 4.82. The number of hydrogen-bond acceptors (Lipinski definition) is 7. The molecule has 0 atom stereocenters. The Morgan fingerprint density at radius 2 is 2.00 bits per heavy atom. The van der Waals surface area contributed by atoms with E-state index < -0.39 is 0 Å². The Hall–Kier alpha value is -2.65. The maximum absolute atomic E-state index is 12.4. The van der Waals surface area contributed by atoms with E-state index in [9.17, 15) is 4.79 Å². The van der Waals surface area contributed by atoms with Gasteiger partial charge < -0.3 is 4.57 Å². The number of rotatable bonds is 7. The van der Waals surface area contributed by atoms with E-state index in [1.807, 2.05) is 54.5 Å². The minimum atomic E-state index is 0.0607. The molecule has 9 heteroatoms. The molecule has 0 aliphatic carbocycles. The zero-order valence-corrected chi connectivity index (χ0v) is 16.6. The van der Waals surface area contributed by atoms with Crippen LogP contribution in [0.4, 0.5) is 0 Å². The number of carbonyl (C=O) groups excluding carboxylic acids is 1. The lowest BCUT2D eigenvalue weighted by Crippen LogP contribution is -2.13. The van der Waals surface area contributed by atoms with Gasteiger partial charge in [-0.3, -0.25) is 4.79 Å². The number of nitrogens with zero attached hydrogens (tertiary/aromatic N) is 6. The highest BCUT2D eigenvalue weighted by molar-refractivity contribution is 7.16. The van der Waals surface area contributed by atoms with Crippen LogP contribution in [-0.4, -0.2) is 35.3 Å². The van der Waals surface area contributed by atoms with Crippen LogP contribution in [0.5, 0.6) is 0 Å². The van der Waals surface area contributed by atoms with E-state index in [0.29, 0.717) is 13.0 Å². The molecule has 0 unspecified atom stereocenters. The summed E-state index contributed by atoms with van der Waals surface area (Å²) in [5.41, 5.74) is 2.71. The molecule has 4 aromatic heterocycles. The molecular weight excluding hydrogens is 380 g/mol. The maximum Gasteiger partial charge on any atom is 0.161 e. The zero-order chi connectivity index (χ0) is 18.8. The quantitative estimate of drug-likeness (QED) is 0.478. The lowest BCUT2D eigenvalue weighted by Gasteiger charge is -1.99.